The summed E-state index contributed by atoms with van der Waals surface area (Å²) in [4.78, 5) is 26.5. The monoisotopic (exact) mass is 427 g/mol. The Morgan fingerprint density at radius 3 is 2.65 bits per heavy atom. The van der Waals surface area contributed by atoms with E-state index in [1.165, 1.54) is 6.33 Å². The lowest BCUT2D eigenvalue weighted by molar-refractivity contribution is 0.774. The van der Waals surface area contributed by atoms with Crippen LogP contribution in [0.15, 0.2) is 84.0 Å². The molecule has 0 amide bonds. The number of fused-ring (bicyclic) bond motifs is 2. The summed E-state index contributed by atoms with van der Waals surface area (Å²) < 4.78 is 1.70. The highest BCUT2D eigenvalue weighted by molar-refractivity contribution is 6.35. The number of anilines is 1. The molecule has 0 saturated heterocycles. The average molecular weight is 428 g/mol. The molecule has 31 heavy (non-hydrogen) atoms. The van der Waals surface area contributed by atoms with Crippen LogP contribution in [-0.2, 0) is 0 Å². The number of para-hydroxylation sites is 1. The van der Waals surface area contributed by atoms with Crippen LogP contribution >= 0.6 is 11.6 Å². The van der Waals surface area contributed by atoms with Gasteiger partial charge in [0.05, 0.1) is 21.8 Å². The van der Waals surface area contributed by atoms with Gasteiger partial charge in [0.1, 0.15) is 12.1 Å². The second kappa shape index (κ2) is 7.81. The van der Waals surface area contributed by atoms with Crippen LogP contribution in [0.1, 0.15) is 18.7 Å². The Bertz CT molecular complexity index is 1460. The minimum Gasteiger partial charge on any atom is -0.361 e. The third kappa shape index (κ3) is 3.41. The van der Waals surface area contributed by atoms with Gasteiger partial charge >= 0.3 is 0 Å². The second-order valence-corrected chi connectivity index (χ2v) is 7.62. The molecule has 7 heteroatoms. The molecule has 152 valence electrons. The first kappa shape index (κ1) is 19.2. The zero-order valence-corrected chi connectivity index (χ0v) is 17.4. The summed E-state index contributed by atoms with van der Waals surface area (Å²) in [6, 6.07) is 20.6. The largest absolute Gasteiger partial charge is 0.361 e. The molecule has 0 saturated carbocycles. The van der Waals surface area contributed by atoms with E-state index in [0.29, 0.717) is 21.9 Å². The molecule has 3 heterocycles. The van der Waals surface area contributed by atoms with Gasteiger partial charge in [-0.05, 0) is 48.7 Å². The molecule has 1 atom stereocenters. The number of nitrogens with zero attached hydrogens (tertiary/aromatic N) is 4. The van der Waals surface area contributed by atoms with Gasteiger partial charge < -0.3 is 5.32 Å². The van der Waals surface area contributed by atoms with E-state index < -0.39 is 0 Å². The highest BCUT2D eigenvalue weighted by Crippen LogP contribution is 2.28. The van der Waals surface area contributed by atoms with Crippen molar-refractivity contribution in [2.24, 2.45) is 0 Å². The molecule has 3 aromatic heterocycles. The Morgan fingerprint density at radius 2 is 1.81 bits per heavy atom. The number of benzene rings is 2. The Hall–Kier alpha value is -3.77. The molecule has 0 spiro atoms. The third-order valence-electron chi connectivity index (χ3n) is 5.24. The quantitative estimate of drug-likeness (QED) is 0.429. The summed E-state index contributed by atoms with van der Waals surface area (Å²) in [5.41, 5.74) is 2.01. The van der Waals surface area contributed by atoms with Gasteiger partial charge in [-0.2, -0.15) is 0 Å². The van der Waals surface area contributed by atoms with Crippen molar-refractivity contribution in [1.29, 1.82) is 0 Å². The Morgan fingerprint density at radius 1 is 0.968 bits per heavy atom. The van der Waals surface area contributed by atoms with E-state index >= 15 is 0 Å². The van der Waals surface area contributed by atoms with Crippen LogP contribution in [0.2, 0.25) is 5.02 Å². The normalized spacial score (nSPS) is 12.2. The second-order valence-electron chi connectivity index (χ2n) is 7.21. The first-order valence-corrected chi connectivity index (χ1v) is 10.2. The molecule has 1 unspecified atom stereocenters. The van der Waals surface area contributed by atoms with Gasteiger partial charge in [-0.15, -0.1) is 0 Å². The minimum atomic E-state index is -0.241. The fourth-order valence-electron chi connectivity index (χ4n) is 3.79. The molecule has 0 radical (unpaired) electrons. The predicted molar refractivity (Wildman–Crippen MR) is 124 cm³/mol. The smallest absolute Gasteiger partial charge is 0.264 e. The van der Waals surface area contributed by atoms with Crippen molar-refractivity contribution in [3.8, 4) is 5.69 Å². The number of halogens is 1. The van der Waals surface area contributed by atoms with Crippen molar-refractivity contribution in [3.63, 3.8) is 0 Å². The highest BCUT2D eigenvalue weighted by Gasteiger charge is 2.18. The molecule has 0 fully saturated rings. The van der Waals surface area contributed by atoms with Crippen LogP contribution in [-0.4, -0.2) is 19.5 Å². The standard InChI is InChI=1S/C24H18ClN5O/c1-15(29-23-18-10-6-12-26-22(18)27-14-28-23)20-13-16-7-5-11-19(25)21(16)24(31)30(20)17-8-3-2-4-9-17/h2-15H,1H3,(H,26,27,28,29). The number of pyridine rings is 2. The highest BCUT2D eigenvalue weighted by atomic mass is 35.5. The van der Waals surface area contributed by atoms with Gasteiger partial charge in [-0.3, -0.25) is 9.36 Å². The van der Waals surface area contributed by atoms with E-state index in [0.717, 1.165) is 22.2 Å². The lowest BCUT2D eigenvalue weighted by Gasteiger charge is -2.22. The maximum atomic E-state index is 13.6. The number of nitrogens with one attached hydrogen (secondary N) is 1. The van der Waals surface area contributed by atoms with E-state index in [1.807, 2.05) is 67.6 Å². The van der Waals surface area contributed by atoms with Gasteiger partial charge in [0.2, 0.25) is 0 Å². The number of hydrogen-bond acceptors (Lipinski definition) is 5. The van der Waals surface area contributed by atoms with Gasteiger partial charge in [0, 0.05) is 17.6 Å². The van der Waals surface area contributed by atoms with E-state index in [-0.39, 0.29) is 11.6 Å². The molecule has 0 bridgehead atoms. The Balaban J connectivity index is 1.71. The third-order valence-corrected chi connectivity index (χ3v) is 5.56. The first-order valence-electron chi connectivity index (χ1n) is 9.85. The van der Waals surface area contributed by atoms with Crippen molar-refractivity contribution in [2.75, 3.05) is 5.32 Å². The Kier molecular flexibility index (Phi) is 4.84. The van der Waals surface area contributed by atoms with Gasteiger partial charge in [0.15, 0.2) is 5.65 Å². The SMILES string of the molecule is CC(Nc1ncnc2ncccc12)c1cc2cccc(Cl)c2c(=O)n1-c1ccccc1. The fourth-order valence-corrected chi connectivity index (χ4v) is 4.05. The Labute approximate surface area is 183 Å². The maximum Gasteiger partial charge on any atom is 0.264 e. The molecule has 5 rings (SSSR count). The van der Waals surface area contributed by atoms with Gasteiger partial charge in [0.25, 0.3) is 5.56 Å². The molecule has 6 nitrogen and oxygen atoms in total. The molecule has 2 aromatic carbocycles. The lowest BCUT2D eigenvalue weighted by atomic mass is 10.1. The molecule has 1 N–H and O–H groups in total. The van der Waals surface area contributed by atoms with Gasteiger partial charge in [-0.1, -0.05) is 41.9 Å². The molecular formula is C24H18ClN5O. The maximum absolute atomic E-state index is 13.6. The number of rotatable bonds is 4. The van der Waals surface area contributed by atoms with Crippen LogP contribution in [0.4, 0.5) is 5.82 Å². The van der Waals surface area contributed by atoms with Crippen LogP contribution in [0.5, 0.6) is 0 Å². The average Bonchev–Trinajstić information content (AvgIpc) is 2.79. The summed E-state index contributed by atoms with van der Waals surface area (Å²) in [6.07, 6.45) is 3.18. The first-order chi connectivity index (χ1) is 15.1. The van der Waals surface area contributed by atoms with Crippen LogP contribution in [0, 0.1) is 0 Å². The predicted octanol–water partition coefficient (Wildman–Crippen LogP) is 5.16. The number of aromatic nitrogens is 4. The molecule has 0 aliphatic carbocycles. The lowest BCUT2D eigenvalue weighted by Crippen LogP contribution is -2.25. The van der Waals surface area contributed by atoms with Crippen molar-refractivity contribution >= 4 is 39.2 Å². The topological polar surface area (TPSA) is 72.7 Å². The van der Waals surface area contributed by atoms with Gasteiger partial charge in [-0.25, -0.2) is 15.0 Å². The van der Waals surface area contributed by atoms with E-state index in [9.17, 15) is 4.79 Å². The summed E-state index contributed by atoms with van der Waals surface area (Å²) in [6.45, 7) is 1.99. The minimum absolute atomic E-state index is 0.160. The van der Waals surface area contributed by atoms with Crippen LogP contribution in [0.25, 0.3) is 27.5 Å². The van der Waals surface area contributed by atoms with Crippen molar-refractivity contribution < 1.29 is 0 Å². The summed E-state index contributed by atoms with van der Waals surface area (Å²) >= 11 is 6.40. The van der Waals surface area contributed by atoms with Crippen LogP contribution in [0.3, 0.4) is 0 Å². The summed E-state index contributed by atoms with van der Waals surface area (Å²) in [5, 5.41) is 5.98. The van der Waals surface area contributed by atoms with Crippen molar-refractivity contribution in [3.05, 3.63) is 100 Å². The molecular weight excluding hydrogens is 410 g/mol. The van der Waals surface area contributed by atoms with Crippen molar-refractivity contribution in [2.45, 2.75) is 13.0 Å². The number of hydrogen-bond donors (Lipinski definition) is 1. The fraction of sp³-hybridized carbons (Fsp3) is 0.0833. The van der Waals surface area contributed by atoms with Crippen LogP contribution < -0.4 is 10.9 Å². The zero-order valence-electron chi connectivity index (χ0n) is 16.7. The summed E-state index contributed by atoms with van der Waals surface area (Å²) in [5.74, 6) is 0.656. The van der Waals surface area contributed by atoms with E-state index in [1.54, 1.807) is 16.8 Å². The van der Waals surface area contributed by atoms with E-state index in [2.05, 4.69) is 20.3 Å². The molecule has 5 aromatic rings. The van der Waals surface area contributed by atoms with E-state index in [4.69, 9.17) is 11.6 Å². The zero-order chi connectivity index (χ0) is 21.4. The summed E-state index contributed by atoms with van der Waals surface area (Å²) in [7, 11) is 0. The molecule has 0 aliphatic rings. The van der Waals surface area contributed by atoms with Crippen molar-refractivity contribution in [1.82, 2.24) is 19.5 Å². The molecule has 0 aliphatic heterocycles.